The van der Waals surface area contributed by atoms with Crippen LogP contribution in [0, 0.1) is 0 Å². The van der Waals surface area contributed by atoms with E-state index in [4.69, 9.17) is 17.3 Å². The number of hydrogen-bond acceptors (Lipinski definition) is 1. The first-order valence-electron chi connectivity index (χ1n) is 3.89. The summed E-state index contributed by atoms with van der Waals surface area (Å²) in [5.74, 6) is 0.466. The Morgan fingerprint density at radius 1 is 1.50 bits per heavy atom. The SMILES string of the molecule is NC1CC1c1c(Cl)cccc1Br. The van der Waals surface area contributed by atoms with E-state index >= 15 is 0 Å². The van der Waals surface area contributed by atoms with Crippen LogP contribution in [0.5, 0.6) is 0 Å². The molecule has 0 heterocycles. The number of nitrogens with two attached hydrogens (primary N) is 1. The topological polar surface area (TPSA) is 26.0 Å². The highest BCUT2D eigenvalue weighted by Crippen LogP contribution is 2.45. The van der Waals surface area contributed by atoms with E-state index < -0.39 is 0 Å². The van der Waals surface area contributed by atoms with Crippen molar-refractivity contribution in [2.45, 2.75) is 18.4 Å². The van der Waals surface area contributed by atoms with Gasteiger partial charge in [-0.15, -0.1) is 0 Å². The summed E-state index contributed by atoms with van der Waals surface area (Å²) in [6, 6.07) is 6.16. The average molecular weight is 247 g/mol. The highest BCUT2D eigenvalue weighted by atomic mass is 79.9. The minimum absolute atomic E-state index is 0.307. The molecule has 1 aliphatic rings. The van der Waals surface area contributed by atoms with E-state index in [2.05, 4.69) is 15.9 Å². The van der Waals surface area contributed by atoms with Gasteiger partial charge in [0.1, 0.15) is 0 Å². The van der Waals surface area contributed by atoms with Crippen molar-refractivity contribution in [3.05, 3.63) is 33.3 Å². The van der Waals surface area contributed by atoms with Crippen molar-refractivity contribution in [1.29, 1.82) is 0 Å². The van der Waals surface area contributed by atoms with Crippen molar-refractivity contribution in [2.75, 3.05) is 0 Å². The third-order valence-corrected chi connectivity index (χ3v) is 3.23. The molecule has 2 N–H and O–H groups in total. The molecule has 1 fully saturated rings. The van der Waals surface area contributed by atoms with Crippen LogP contribution in [0.2, 0.25) is 5.02 Å². The standard InChI is InChI=1S/C9H9BrClN/c10-6-2-1-3-7(11)9(6)5-4-8(5)12/h1-3,5,8H,4,12H2. The number of rotatable bonds is 1. The molecule has 0 aromatic heterocycles. The Morgan fingerprint density at radius 3 is 2.67 bits per heavy atom. The fourth-order valence-corrected chi connectivity index (χ4v) is 2.50. The Balaban J connectivity index is 2.41. The summed E-state index contributed by atoms with van der Waals surface area (Å²) in [6.45, 7) is 0. The van der Waals surface area contributed by atoms with Crippen LogP contribution < -0.4 is 5.73 Å². The molecule has 1 saturated carbocycles. The zero-order valence-electron chi connectivity index (χ0n) is 6.43. The van der Waals surface area contributed by atoms with Gasteiger partial charge in [0.15, 0.2) is 0 Å². The van der Waals surface area contributed by atoms with Gasteiger partial charge in [-0.1, -0.05) is 33.6 Å². The lowest BCUT2D eigenvalue weighted by Crippen LogP contribution is -2.01. The lowest BCUT2D eigenvalue weighted by atomic mass is 10.1. The van der Waals surface area contributed by atoms with Gasteiger partial charge in [-0.2, -0.15) is 0 Å². The Labute approximate surface area is 85.0 Å². The van der Waals surface area contributed by atoms with Crippen LogP contribution >= 0.6 is 27.5 Å². The van der Waals surface area contributed by atoms with Crippen molar-refractivity contribution in [3.8, 4) is 0 Å². The molecule has 0 spiro atoms. The average Bonchev–Trinajstić information content (AvgIpc) is 2.67. The Morgan fingerprint density at radius 2 is 2.17 bits per heavy atom. The van der Waals surface area contributed by atoms with Crippen molar-refractivity contribution in [2.24, 2.45) is 5.73 Å². The first-order valence-corrected chi connectivity index (χ1v) is 5.06. The minimum Gasteiger partial charge on any atom is -0.327 e. The third-order valence-electron chi connectivity index (χ3n) is 2.21. The van der Waals surface area contributed by atoms with Gasteiger partial charge in [-0.25, -0.2) is 0 Å². The molecule has 2 atom stereocenters. The van der Waals surface area contributed by atoms with E-state index in [0.29, 0.717) is 12.0 Å². The lowest BCUT2D eigenvalue weighted by molar-refractivity contribution is 0.986. The summed E-state index contributed by atoms with van der Waals surface area (Å²) in [7, 11) is 0. The molecule has 3 heteroatoms. The Kier molecular flexibility index (Phi) is 2.15. The van der Waals surface area contributed by atoms with Crippen molar-refractivity contribution >= 4 is 27.5 Å². The van der Waals surface area contributed by atoms with E-state index in [1.165, 1.54) is 5.56 Å². The van der Waals surface area contributed by atoms with Crippen LogP contribution in [0.15, 0.2) is 22.7 Å². The molecule has 0 aliphatic heterocycles. The van der Waals surface area contributed by atoms with Crippen LogP contribution in [-0.4, -0.2) is 6.04 Å². The Bertz CT molecular complexity index is 293. The molecule has 0 amide bonds. The zero-order chi connectivity index (χ0) is 8.72. The third kappa shape index (κ3) is 1.39. The second kappa shape index (κ2) is 3.02. The summed E-state index contributed by atoms with van der Waals surface area (Å²) in [5, 5.41) is 0.822. The van der Waals surface area contributed by atoms with Crippen molar-refractivity contribution in [1.82, 2.24) is 0 Å². The fraction of sp³-hybridized carbons (Fsp3) is 0.333. The summed E-state index contributed by atoms with van der Waals surface area (Å²) >= 11 is 9.52. The number of benzene rings is 1. The predicted octanol–water partition coefficient (Wildman–Crippen LogP) is 2.92. The van der Waals surface area contributed by atoms with E-state index in [1.54, 1.807) is 0 Å². The largest absolute Gasteiger partial charge is 0.327 e. The molecule has 0 saturated heterocycles. The molecular formula is C9H9BrClN. The first kappa shape index (κ1) is 8.54. The monoisotopic (exact) mass is 245 g/mol. The molecule has 1 aromatic carbocycles. The molecule has 2 rings (SSSR count). The van der Waals surface area contributed by atoms with Crippen LogP contribution in [0.3, 0.4) is 0 Å². The van der Waals surface area contributed by atoms with Gasteiger partial charge < -0.3 is 5.73 Å². The molecule has 64 valence electrons. The molecular weight excluding hydrogens is 237 g/mol. The summed E-state index contributed by atoms with van der Waals surface area (Å²) < 4.78 is 1.08. The van der Waals surface area contributed by atoms with E-state index in [-0.39, 0.29) is 0 Å². The highest BCUT2D eigenvalue weighted by molar-refractivity contribution is 9.10. The van der Waals surface area contributed by atoms with E-state index in [1.807, 2.05) is 18.2 Å². The quantitative estimate of drug-likeness (QED) is 0.810. The van der Waals surface area contributed by atoms with Gasteiger partial charge >= 0.3 is 0 Å². The molecule has 2 unspecified atom stereocenters. The Hall–Kier alpha value is -0.0500. The normalized spacial score (nSPS) is 27.2. The predicted molar refractivity (Wildman–Crippen MR) is 54.5 cm³/mol. The second-order valence-electron chi connectivity index (χ2n) is 3.14. The van der Waals surface area contributed by atoms with E-state index in [9.17, 15) is 0 Å². The summed E-state index contributed by atoms with van der Waals surface area (Å²) in [4.78, 5) is 0. The van der Waals surface area contributed by atoms with Gasteiger partial charge in [0.05, 0.1) is 0 Å². The summed E-state index contributed by atoms with van der Waals surface area (Å²) in [5.41, 5.74) is 6.93. The van der Waals surface area contributed by atoms with Crippen molar-refractivity contribution in [3.63, 3.8) is 0 Å². The highest BCUT2D eigenvalue weighted by Gasteiger charge is 2.37. The number of halogens is 2. The van der Waals surface area contributed by atoms with Gasteiger partial charge in [-0.05, 0) is 24.1 Å². The minimum atomic E-state index is 0.307. The van der Waals surface area contributed by atoms with Gasteiger partial charge in [0, 0.05) is 21.5 Å². The van der Waals surface area contributed by atoms with Crippen LogP contribution in [0.4, 0.5) is 0 Å². The maximum atomic E-state index is 6.04. The van der Waals surface area contributed by atoms with Crippen LogP contribution in [-0.2, 0) is 0 Å². The van der Waals surface area contributed by atoms with Gasteiger partial charge in [-0.3, -0.25) is 0 Å². The van der Waals surface area contributed by atoms with Gasteiger partial charge in [0.2, 0.25) is 0 Å². The summed E-state index contributed by atoms with van der Waals surface area (Å²) in [6.07, 6.45) is 1.06. The van der Waals surface area contributed by atoms with Gasteiger partial charge in [0.25, 0.3) is 0 Å². The fourth-order valence-electron chi connectivity index (χ4n) is 1.41. The second-order valence-corrected chi connectivity index (χ2v) is 4.40. The lowest BCUT2D eigenvalue weighted by Gasteiger charge is -2.04. The molecule has 1 aliphatic carbocycles. The molecule has 1 nitrogen and oxygen atoms in total. The molecule has 0 radical (unpaired) electrons. The first-order chi connectivity index (χ1) is 5.70. The van der Waals surface area contributed by atoms with Crippen LogP contribution in [0.25, 0.3) is 0 Å². The maximum Gasteiger partial charge on any atom is 0.0452 e. The molecule has 1 aromatic rings. The zero-order valence-corrected chi connectivity index (χ0v) is 8.77. The van der Waals surface area contributed by atoms with Crippen LogP contribution in [0.1, 0.15) is 17.9 Å². The van der Waals surface area contributed by atoms with Crippen molar-refractivity contribution < 1.29 is 0 Å². The van der Waals surface area contributed by atoms with E-state index in [0.717, 1.165) is 15.9 Å². The maximum absolute atomic E-state index is 6.04. The molecule has 0 bridgehead atoms. The smallest absolute Gasteiger partial charge is 0.0452 e. The molecule has 12 heavy (non-hydrogen) atoms. The number of hydrogen-bond donors (Lipinski definition) is 1.